The monoisotopic (exact) mass is 207 g/mol. The predicted molar refractivity (Wildman–Crippen MR) is 59.1 cm³/mol. The maximum absolute atomic E-state index is 5.69. The second-order valence-corrected chi connectivity index (χ2v) is 3.94. The van der Waals surface area contributed by atoms with Crippen molar-refractivity contribution >= 4 is 0 Å². The van der Waals surface area contributed by atoms with E-state index in [4.69, 9.17) is 15.2 Å². The summed E-state index contributed by atoms with van der Waals surface area (Å²) in [6.07, 6.45) is 2.59. The Morgan fingerprint density at radius 3 is 2.73 bits per heavy atom. The first-order chi connectivity index (χ1) is 7.33. The minimum Gasteiger partial charge on any atom is -0.493 e. The van der Waals surface area contributed by atoms with Gasteiger partial charge in [0.15, 0.2) is 11.5 Å². The third kappa shape index (κ3) is 2.63. The van der Waals surface area contributed by atoms with E-state index in [2.05, 4.69) is 0 Å². The lowest BCUT2D eigenvalue weighted by Crippen LogP contribution is -2.02. The minimum absolute atomic E-state index is 0.527. The lowest BCUT2D eigenvalue weighted by atomic mass is 10.2. The van der Waals surface area contributed by atoms with Crippen molar-refractivity contribution in [2.45, 2.75) is 19.4 Å². The zero-order chi connectivity index (χ0) is 10.7. The quantitative estimate of drug-likeness (QED) is 0.802. The predicted octanol–water partition coefficient (Wildman–Crippen LogP) is 1.94. The molecule has 0 heterocycles. The van der Waals surface area contributed by atoms with Gasteiger partial charge in [-0.15, -0.1) is 0 Å². The van der Waals surface area contributed by atoms with Gasteiger partial charge in [-0.05, 0) is 36.5 Å². The normalized spacial score (nSPS) is 15.1. The highest BCUT2D eigenvalue weighted by atomic mass is 16.5. The minimum atomic E-state index is 0.527. The van der Waals surface area contributed by atoms with Gasteiger partial charge in [0.05, 0.1) is 13.7 Å². The lowest BCUT2D eigenvalue weighted by molar-refractivity contribution is 0.280. The molecule has 0 unspecified atom stereocenters. The molecule has 1 saturated carbocycles. The molecule has 0 atom stereocenters. The van der Waals surface area contributed by atoms with Gasteiger partial charge in [-0.3, -0.25) is 0 Å². The highest BCUT2D eigenvalue weighted by molar-refractivity contribution is 5.42. The van der Waals surface area contributed by atoms with Gasteiger partial charge in [-0.1, -0.05) is 6.07 Å². The molecule has 1 aliphatic rings. The molecule has 1 aromatic carbocycles. The summed E-state index contributed by atoms with van der Waals surface area (Å²) in [7, 11) is 1.65. The summed E-state index contributed by atoms with van der Waals surface area (Å²) in [5.74, 6) is 2.35. The molecule has 0 aliphatic heterocycles. The van der Waals surface area contributed by atoms with Crippen molar-refractivity contribution in [1.82, 2.24) is 0 Å². The van der Waals surface area contributed by atoms with Gasteiger partial charge in [0.1, 0.15) is 0 Å². The van der Waals surface area contributed by atoms with E-state index in [1.165, 1.54) is 12.8 Å². The number of methoxy groups -OCH3 is 1. The van der Waals surface area contributed by atoms with E-state index >= 15 is 0 Å². The zero-order valence-corrected chi connectivity index (χ0v) is 9.03. The second kappa shape index (κ2) is 4.53. The fourth-order valence-electron chi connectivity index (χ4n) is 1.45. The topological polar surface area (TPSA) is 44.5 Å². The maximum Gasteiger partial charge on any atom is 0.161 e. The fourth-order valence-corrected chi connectivity index (χ4v) is 1.45. The van der Waals surface area contributed by atoms with Crippen LogP contribution in [0.5, 0.6) is 11.5 Å². The molecule has 82 valence electrons. The van der Waals surface area contributed by atoms with Gasteiger partial charge < -0.3 is 15.2 Å². The van der Waals surface area contributed by atoms with E-state index in [1.54, 1.807) is 7.11 Å². The molecule has 1 aliphatic carbocycles. The van der Waals surface area contributed by atoms with Crippen LogP contribution in [0.3, 0.4) is 0 Å². The Hall–Kier alpha value is -1.22. The smallest absolute Gasteiger partial charge is 0.161 e. The average Bonchev–Trinajstić information content (AvgIpc) is 3.10. The van der Waals surface area contributed by atoms with Gasteiger partial charge in [-0.25, -0.2) is 0 Å². The van der Waals surface area contributed by atoms with Crippen molar-refractivity contribution in [3.63, 3.8) is 0 Å². The molecule has 15 heavy (non-hydrogen) atoms. The molecule has 3 heteroatoms. The summed E-state index contributed by atoms with van der Waals surface area (Å²) in [6.45, 7) is 1.33. The molecule has 0 spiro atoms. The van der Waals surface area contributed by atoms with Crippen LogP contribution in [0.25, 0.3) is 0 Å². The fraction of sp³-hybridized carbons (Fsp3) is 0.500. The van der Waals surface area contributed by atoms with E-state index in [1.807, 2.05) is 18.2 Å². The molecule has 0 saturated heterocycles. The average molecular weight is 207 g/mol. The number of hydrogen-bond donors (Lipinski definition) is 1. The van der Waals surface area contributed by atoms with Crippen molar-refractivity contribution in [1.29, 1.82) is 0 Å². The van der Waals surface area contributed by atoms with E-state index in [0.717, 1.165) is 29.6 Å². The Balaban J connectivity index is 2.06. The van der Waals surface area contributed by atoms with Crippen molar-refractivity contribution in [2.24, 2.45) is 11.7 Å². The number of rotatable bonds is 5. The van der Waals surface area contributed by atoms with Gasteiger partial charge >= 0.3 is 0 Å². The summed E-state index contributed by atoms with van der Waals surface area (Å²) in [4.78, 5) is 0. The van der Waals surface area contributed by atoms with Crippen LogP contribution in [0.2, 0.25) is 0 Å². The van der Waals surface area contributed by atoms with Gasteiger partial charge in [0.2, 0.25) is 0 Å². The van der Waals surface area contributed by atoms with Crippen LogP contribution in [0, 0.1) is 5.92 Å². The first kappa shape index (κ1) is 10.3. The van der Waals surface area contributed by atoms with Crippen LogP contribution >= 0.6 is 0 Å². The van der Waals surface area contributed by atoms with Crippen LogP contribution in [-0.2, 0) is 6.54 Å². The number of ether oxygens (including phenoxy) is 2. The Bertz CT molecular complexity index is 334. The van der Waals surface area contributed by atoms with E-state index in [0.29, 0.717) is 6.54 Å². The molecular formula is C12H17NO2. The highest BCUT2D eigenvalue weighted by Crippen LogP contribution is 2.33. The molecule has 2 rings (SSSR count). The van der Waals surface area contributed by atoms with Crippen LogP contribution in [0.1, 0.15) is 18.4 Å². The van der Waals surface area contributed by atoms with Crippen molar-refractivity contribution in [3.8, 4) is 11.5 Å². The molecule has 0 amide bonds. The van der Waals surface area contributed by atoms with Crippen molar-refractivity contribution in [3.05, 3.63) is 23.8 Å². The van der Waals surface area contributed by atoms with Crippen molar-refractivity contribution in [2.75, 3.05) is 13.7 Å². The number of hydrogen-bond acceptors (Lipinski definition) is 3. The second-order valence-electron chi connectivity index (χ2n) is 3.94. The summed E-state index contributed by atoms with van der Waals surface area (Å²) >= 11 is 0. The molecule has 0 bridgehead atoms. The van der Waals surface area contributed by atoms with Crippen LogP contribution < -0.4 is 15.2 Å². The summed E-state index contributed by atoms with van der Waals surface area (Å²) in [5.41, 5.74) is 6.62. The molecular weight excluding hydrogens is 190 g/mol. The number of benzene rings is 1. The number of nitrogens with two attached hydrogens (primary N) is 1. The van der Waals surface area contributed by atoms with Gasteiger partial charge in [0.25, 0.3) is 0 Å². The largest absolute Gasteiger partial charge is 0.493 e. The Morgan fingerprint density at radius 2 is 2.13 bits per heavy atom. The Kier molecular flexibility index (Phi) is 3.11. The maximum atomic E-state index is 5.69. The first-order valence-electron chi connectivity index (χ1n) is 5.33. The summed E-state index contributed by atoms with van der Waals surface area (Å²) in [5, 5.41) is 0. The van der Waals surface area contributed by atoms with Gasteiger partial charge in [-0.2, -0.15) is 0 Å². The molecule has 1 aromatic rings. The lowest BCUT2D eigenvalue weighted by Gasteiger charge is -2.11. The van der Waals surface area contributed by atoms with Gasteiger partial charge in [0, 0.05) is 6.54 Å². The highest BCUT2D eigenvalue weighted by Gasteiger charge is 2.22. The summed E-state index contributed by atoms with van der Waals surface area (Å²) < 4.78 is 10.9. The summed E-state index contributed by atoms with van der Waals surface area (Å²) in [6, 6.07) is 5.84. The van der Waals surface area contributed by atoms with Crippen LogP contribution in [-0.4, -0.2) is 13.7 Å². The van der Waals surface area contributed by atoms with E-state index in [-0.39, 0.29) is 0 Å². The Labute approximate surface area is 90.2 Å². The first-order valence-corrected chi connectivity index (χ1v) is 5.33. The third-order valence-electron chi connectivity index (χ3n) is 2.64. The van der Waals surface area contributed by atoms with E-state index in [9.17, 15) is 0 Å². The molecule has 0 radical (unpaired) electrons. The van der Waals surface area contributed by atoms with E-state index < -0.39 is 0 Å². The molecule has 2 N–H and O–H groups in total. The molecule has 1 fully saturated rings. The molecule has 3 nitrogen and oxygen atoms in total. The SMILES string of the molecule is COc1cc(CN)ccc1OCC1CC1. The standard InChI is InChI=1S/C12H17NO2/c1-14-12-6-10(7-13)4-5-11(12)15-8-9-2-3-9/h4-6,9H,2-3,7-8,13H2,1H3. The van der Waals surface area contributed by atoms with Crippen LogP contribution in [0.4, 0.5) is 0 Å². The molecule has 0 aromatic heterocycles. The Morgan fingerprint density at radius 1 is 1.33 bits per heavy atom. The zero-order valence-electron chi connectivity index (χ0n) is 9.03. The van der Waals surface area contributed by atoms with Crippen molar-refractivity contribution < 1.29 is 9.47 Å². The third-order valence-corrected chi connectivity index (χ3v) is 2.64. The van der Waals surface area contributed by atoms with Crippen LogP contribution in [0.15, 0.2) is 18.2 Å².